The van der Waals surface area contributed by atoms with Crippen LogP contribution in [-0.4, -0.2) is 0 Å². The molecule has 0 bridgehead atoms. The molecule has 39 rings (SSSR count). The Balaban J connectivity index is 1.17. The summed E-state index contributed by atoms with van der Waals surface area (Å²) in [6, 6.07) is 10.4. The van der Waals surface area contributed by atoms with E-state index in [1.807, 2.05) is 22.3 Å². The Kier molecular flexibility index (Phi) is 2.06. The molecule has 32 aromatic rings. The molecule has 0 aromatic heterocycles. The van der Waals surface area contributed by atoms with Crippen molar-refractivity contribution in [1.82, 2.24) is 0 Å². The van der Waals surface area contributed by atoms with Crippen molar-refractivity contribution in [1.29, 1.82) is 0 Å². The Morgan fingerprint density at radius 2 is 0.316 bits per heavy atom. The first-order chi connectivity index (χ1) is 38.0. The highest BCUT2D eigenvalue weighted by molar-refractivity contribution is 6.82. The fourth-order valence-corrected chi connectivity index (χ4v) is 29.8. The molecule has 0 radical (unpaired) electrons. The van der Waals surface area contributed by atoms with Crippen LogP contribution in [0.2, 0.25) is 0 Å². The number of hydrogen-bond acceptors (Lipinski definition) is 0. The van der Waals surface area contributed by atoms with E-state index >= 15 is 0 Å². The van der Waals surface area contributed by atoms with Crippen LogP contribution in [0.5, 0.6) is 0 Å². The van der Waals surface area contributed by atoms with Crippen LogP contribution in [0.4, 0.5) is 0 Å². The second-order valence-corrected chi connectivity index (χ2v) is 28.9. The lowest BCUT2D eigenvalue weighted by Gasteiger charge is -2.68. The van der Waals surface area contributed by atoms with Gasteiger partial charge in [-0.3, -0.25) is 0 Å². The molecule has 0 heterocycles. The Morgan fingerprint density at radius 1 is 0.158 bits per heavy atom. The van der Waals surface area contributed by atoms with Crippen LogP contribution in [0.25, 0.3) is 323 Å². The summed E-state index contributed by atoms with van der Waals surface area (Å²) < 4.78 is 0. The van der Waals surface area contributed by atoms with Crippen molar-refractivity contribution in [2.75, 3.05) is 0 Å². The van der Waals surface area contributed by atoms with Gasteiger partial charge >= 0.3 is 0 Å². The topological polar surface area (TPSA) is 0 Å². The molecule has 7 aliphatic rings. The van der Waals surface area contributed by atoms with E-state index in [-0.39, 0.29) is 10.8 Å². The maximum atomic E-state index is 2.71. The smallest absolute Gasteiger partial charge is 0.0475 e. The van der Waals surface area contributed by atoms with E-state index in [1.54, 1.807) is 345 Å². The zero-order chi connectivity index (χ0) is 44.2. The molecular weight excluding hydrogens is 913 g/mol. The van der Waals surface area contributed by atoms with Gasteiger partial charge in [0, 0.05) is 22.7 Å². The average molecular weight is 919 g/mol. The van der Waals surface area contributed by atoms with E-state index in [9.17, 15) is 0 Å². The Bertz CT molecular complexity index is 8760. The minimum Gasteiger partial charge on any atom is -0.0619 e. The summed E-state index contributed by atoms with van der Waals surface area (Å²) in [6.07, 6.45) is 0. The van der Waals surface area contributed by atoms with Crippen molar-refractivity contribution in [2.24, 2.45) is 0 Å². The molecule has 310 valence electrons. The van der Waals surface area contributed by atoms with E-state index in [4.69, 9.17) is 0 Å². The molecular formula is C76H6. The first-order valence-corrected chi connectivity index (χ1v) is 28.8. The highest BCUT2D eigenvalue weighted by Gasteiger charge is 2.81. The van der Waals surface area contributed by atoms with Gasteiger partial charge in [-0.05, 0) is 368 Å². The van der Waals surface area contributed by atoms with Gasteiger partial charge < -0.3 is 0 Å². The molecule has 0 saturated carbocycles. The van der Waals surface area contributed by atoms with Gasteiger partial charge in [0.2, 0.25) is 0 Å². The molecule has 2 spiro atoms. The number of benzene rings is 22. The van der Waals surface area contributed by atoms with Crippen LogP contribution < -0.4 is 0 Å². The van der Waals surface area contributed by atoms with Crippen LogP contribution >= 0.6 is 0 Å². The lowest BCUT2D eigenvalue weighted by Crippen LogP contribution is -2.66. The molecule has 7 aliphatic carbocycles. The van der Waals surface area contributed by atoms with Crippen LogP contribution in [0.1, 0.15) is 56.3 Å². The highest BCUT2D eigenvalue weighted by Crippen LogP contribution is 2.92. The van der Waals surface area contributed by atoms with Crippen molar-refractivity contribution in [3.63, 3.8) is 0 Å². The lowest BCUT2D eigenvalue weighted by molar-refractivity contribution is 0.199. The van der Waals surface area contributed by atoms with Crippen molar-refractivity contribution in [3.8, 4) is 0 Å². The molecule has 4 atom stereocenters. The summed E-state index contributed by atoms with van der Waals surface area (Å²) in [5.41, 5.74) is 13.9. The Labute approximate surface area is 412 Å². The predicted octanol–water partition coefficient (Wildman–Crippen LogP) is 20.2. The van der Waals surface area contributed by atoms with Gasteiger partial charge in [-0.25, -0.2) is 0 Å². The first kappa shape index (κ1) is 26.7. The number of fused-ring (bicyclic) bond motifs is 1. The Morgan fingerprint density at radius 3 is 0.539 bits per heavy atom. The summed E-state index contributed by atoms with van der Waals surface area (Å²) in [4.78, 5) is 0. The van der Waals surface area contributed by atoms with Gasteiger partial charge in [0.25, 0.3) is 0 Å². The van der Waals surface area contributed by atoms with E-state index in [0.29, 0.717) is 11.8 Å². The molecule has 4 unspecified atom stereocenters. The zero-order valence-electron chi connectivity index (χ0n) is 38.5. The average Bonchev–Trinajstić information content (AvgIpc) is 1.90. The van der Waals surface area contributed by atoms with Crippen LogP contribution in [0.15, 0.2) is 24.3 Å². The van der Waals surface area contributed by atoms with Gasteiger partial charge in [-0.1, -0.05) is 24.3 Å². The number of rotatable bonds is 0. The highest BCUT2D eigenvalue weighted by atomic mass is 14.8. The van der Waals surface area contributed by atoms with Gasteiger partial charge in [0.1, 0.15) is 0 Å². The van der Waals surface area contributed by atoms with E-state index in [2.05, 4.69) is 24.3 Å². The quantitative estimate of drug-likeness (QED) is 0.105. The summed E-state index contributed by atoms with van der Waals surface area (Å²) in [7, 11) is 0. The van der Waals surface area contributed by atoms with Crippen LogP contribution in [0, 0.1) is 0 Å². The second-order valence-electron chi connectivity index (χ2n) is 28.9. The monoisotopic (exact) mass is 918 g/mol. The fourth-order valence-electron chi connectivity index (χ4n) is 29.8. The third kappa shape index (κ3) is 1.31. The van der Waals surface area contributed by atoms with Gasteiger partial charge in [-0.15, -0.1) is 0 Å². The van der Waals surface area contributed by atoms with E-state index in [1.165, 1.54) is 0 Å². The van der Waals surface area contributed by atoms with Gasteiger partial charge in [-0.2, -0.15) is 0 Å². The molecule has 32 aromatic carbocycles. The van der Waals surface area contributed by atoms with Crippen molar-refractivity contribution in [3.05, 3.63) is 68.8 Å². The normalized spacial score (nSPS) is 24.4. The maximum absolute atomic E-state index is 2.71. The molecule has 0 nitrogen and oxygen atoms in total. The minimum absolute atomic E-state index is 0.167. The summed E-state index contributed by atoms with van der Waals surface area (Å²) in [5.74, 6) is 0.599. The Hall–Kier alpha value is -9.36. The third-order valence-corrected chi connectivity index (χ3v) is 29.4. The molecule has 0 N–H and O–H groups in total. The maximum Gasteiger partial charge on any atom is 0.0475 e. The molecule has 0 heteroatoms. The van der Waals surface area contributed by atoms with Gasteiger partial charge in [0.15, 0.2) is 0 Å². The second kappa shape index (κ2) is 5.84. The molecule has 0 amide bonds. The third-order valence-electron chi connectivity index (χ3n) is 29.4. The minimum atomic E-state index is -0.172. The predicted molar refractivity (Wildman–Crippen MR) is 319 cm³/mol. The van der Waals surface area contributed by atoms with Crippen LogP contribution in [0.3, 0.4) is 0 Å². The lowest BCUT2D eigenvalue weighted by atomic mass is 9.32. The standard InChI is InChI=1S/C76H6/c1-2-4-6-5(3-1)75-71-63-55-45-35-28-19-13-7-8-10-12-11-9(7)15-22-17(11)26-27-18(12)23-16(10)25-21(14(8)19)30-36(28)46(45)56-50-40(30)32(25)42-34(23)44-38(27)48-47-37(26)43-33(22)41-31-24(15)20(13)29(35)39(31)49(55)59-53(41)61-51(43)57(47)65-66-58(48)52(44)62-54(42)60(50)68(72(75)64(56)63)70(62)74(66)76(6,75)73(65)69(61)67(59)71/h1-4,71,73H. The molecule has 0 saturated heterocycles. The number of hydrogen-bond donors (Lipinski definition) is 0. The first-order valence-electron chi connectivity index (χ1n) is 28.8. The van der Waals surface area contributed by atoms with Crippen LogP contribution in [-0.2, 0) is 10.8 Å². The van der Waals surface area contributed by atoms with E-state index in [0.717, 1.165) is 0 Å². The van der Waals surface area contributed by atoms with Gasteiger partial charge in [0.05, 0.1) is 0 Å². The molecule has 0 aliphatic heterocycles. The summed E-state index contributed by atoms with van der Waals surface area (Å²) >= 11 is 0. The summed E-state index contributed by atoms with van der Waals surface area (Å²) in [6.45, 7) is 0. The summed E-state index contributed by atoms with van der Waals surface area (Å²) in [5, 5.41) is 102. The molecule has 0 fully saturated rings. The van der Waals surface area contributed by atoms with E-state index < -0.39 is 0 Å². The van der Waals surface area contributed by atoms with Crippen molar-refractivity contribution in [2.45, 2.75) is 22.7 Å². The van der Waals surface area contributed by atoms with Crippen molar-refractivity contribution < 1.29 is 0 Å². The SMILES string of the molecule is c1ccc2c(c1)C13c4c5c6c7c8c9c(c%10c%11c%12c%13c%14c%15c(c%16c4c4c%17c5c5c7c7c%18c8c8c(c%119)c9c%12c%11c%13c%12c%15c%13c%16c4c4c%15c%17c%16c5c7c5c7c%18c8c8c9c9c%11c%11c%12c%13c4c4c%11c%11c9c8c7c7c5c%16c%15c4c%117)C21C%10%14)C63. The van der Waals surface area contributed by atoms with Crippen molar-refractivity contribution >= 4 is 323 Å². The largest absolute Gasteiger partial charge is 0.0619 e. The molecule has 76 heavy (non-hydrogen) atoms. The zero-order valence-corrected chi connectivity index (χ0v) is 38.5. The fraction of sp³-hybridized carbons (Fsp3) is 0.0526.